The fourth-order valence-corrected chi connectivity index (χ4v) is 4.92. The number of nitrogens with zero attached hydrogens (tertiary/aromatic N) is 1. The summed E-state index contributed by atoms with van der Waals surface area (Å²) in [6, 6.07) is -0.0492. The minimum Gasteiger partial charge on any atom is -0.378 e. The number of aromatic nitrogens is 1. The van der Waals surface area contributed by atoms with Gasteiger partial charge in [-0.25, -0.2) is 18.1 Å². The van der Waals surface area contributed by atoms with Crippen LogP contribution in [0, 0.1) is 6.92 Å². The lowest BCUT2D eigenvalue weighted by molar-refractivity contribution is -0.00474. The number of hydrogen-bond donors (Lipinski definition) is 1. The molecule has 18 heavy (non-hydrogen) atoms. The molecule has 0 radical (unpaired) electrons. The molecule has 1 saturated carbocycles. The fourth-order valence-electron chi connectivity index (χ4n) is 1.91. The summed E-state index contributed by atoms with van der Waals surface area (Å²) in [7, 11) is -3.50. The van der Waals surface area contributed by atoms with Crippen LogP contribution in [0.1, 0.15) is 25.5 Å². The van der Waals surface area contributed by atoms with Gasteiger partial charge in [0.2, 0.25) is 0 Å². The van der Waals surface area contributed by atoms with E-state index in [1.54, 1.807) is 6.92 Å². The summed E-state index contributed by atoms with van der Waals surface area (Å²) in [6.07, 6.45) is 1.62. The van der Waals surface area contributed by atoms with E-state index in [1.165, 1.54) is 0 Å². The third-order valence-electron chi connectivity index (χ3n) is 2.79. The predicted molar refractivity (Wildman–Crippen MR) is 70.6 cm³/mol. The second kappa shape index (κ2) is 5.42. The first-order valence-electron chi connectivity index (χ1n) is 5.69. The van der Waals surface area contributed by atoms with Crippen LogP contribution in [0.5, 0.6) is 0 Å². The molecule has 1 heterocycles. The summed E-state index contributed by atoms with van der Waals surface area (Å²) in [5, 5.41) is 0. The zero-order valence-electron chi connectivity index (χ0n) is 10.1. The van der Waals surface area contributed by atoms with Crippen LogP contribution in [0.25, 0.3) is 0 Å². The van der Waals surface area contributed by atoms with Gasteiger partial charge in [0.1, 0.15) is 0 Å². The molecule has 1 fully saturated rings. The number of thiazole rings is 1. The molecule has 0 saturated heterocycles. The summed E-state index contributed by atoms with van der Waals surface area (Å²) in [4.78, 5) is 3.91. The Morgan fingerprint density at radius 2 is 2.22 bits per heavy atom. The second-order valence-corrected chi connectivity index (χ2v) is 7.70. The first-order valence-corrected chi connectivity index (χ1v) is 8.37. The number of hydrogen-bond acceptors (Lipinski definition) is 5. The van der Waals surface area contributed by atoms with Crippen LogP contribution in [-0.4, -0.2) is 32.2 Å². The highest BCUT2D eigenvalue weighted by molar-refractivity contribution is 7.91. The lowest BCUT2D eigenvalue weighted by Gasteiger charge is -2.34. The minimum absolute atomic E-state index is 0.0492. The Kier molecular flexibility index (Phi) is 4.28. The second-order valence-electron chi connectivity index (χ2n) is 4.21. The van der Waals surface area contributed by atoms with Gasteiger partial charge >= 0.3 is 0 Å². The van der Waals surface area contributed by atoms with Crippen molar-refractivity contribution < 1.29 is 13.2 Å². The Bertz CT molecular complexity index is 523. The normalized spacial score (nSPS) is 23.9. The maximum absolute atomic E-state index is 12.1. The monoisotopic (exact) mass is 310 g/mol. The SMILES string of the molecule is CCOC1CC(NS(=O)(=O)c2sc(Cl)nc2C)C1. The Morgan fingerprint density at radius 1 is 1.56 bits per heavy atom. The Balaban J connectivity index is 1.99. The molecule has 0 aromatic carbocycles. The third-order valence-corrected chi connectivity index (χ3v) is 6.18. The van der Waals surface area contributed by atoms with Crippen LogP contribution in [0.3, 0.4) is 0 Å². The standard InChI is InChI=1S/C10H15ClN2O3S2/c1-3-16-8-4-7(5-8)13-18(14,15)9-6(2)12-10(11)17-9/h7-8,13H,3-5H2,1-2H3. The van der Waals surface area contributed by atoms with E-state index in [9.17, 15) is 8.42 Å². The van der Waals surface area contributed by atoms with Gasteiger partial charge in [-0.15, -0.1) is 0 Å². The first kappa shape index (κ1) is 14.2. The van der Waals surface area contributed by atoms with Crippen LogP contribution in [0.2, 0.25) is 4.47 Å². The van der Waals surface area contributed by atoms with E-state index in [4.69, 9.17) is 16.3 Å². The van der Waals surface area contributed by atoms with Crippen molar-refractivity contribution in [2.75, 3.05) is 6.61 Å². The van der Waals surface area contributed by atoms with Crippen molar-refractivity contribution in [2.24, 2.45) is 0 Å². The first-order chi connectivity index (χ1) is 8.42. The van der Waals surface area contributed by atoms with Crippen molar-refractivity contribution in [3.63, 3.8) is 0 Å². The lowest BCUT2D eigenvalue weighted by atomic mass is 9.90. The van der Waals surface area contributed by atoms with E-state index >= 15 is 0 Å². The van der Waals surface area contributed by atoms with Crippen LogP contribution in [0.4, 0.5) is 0 Å². The molecular weight excluding hydrogens is 296 g/mol. The van der Waals surface area contributed by atoms with Gasteiger partial charge in [0.25, 0.3) is 10.0 Å². The van der Waals surface area contributed by atoms with Crippen molar-refractivity contribution >= 4 is 33.0 Å². The number of halogens is 1. The molecule has 0 spiro atoms. The van der Waals surface area contributed by atoms with Gasteiger partial charge < -0.3 is 4.74 Å². The molecule has 5 nitrogen and oxygen atoms in total. The van der Waals surface area contributed by atoms with Crippen LogP contribution in [0.15, 0.2) is 4.21 Å². The highest BCUT2D eigenvalue weighted by atomic mass is 35.5. The average Bonchev–Trinajstić information content (AvgIpc) is 2.55. The van der Waals surface area contributed by atoms with Gasteiger partial charge in [-0.1, -0.05) is 22.9 Å². The third kappa shape index (κ3) is 3.03. The van der Waals surface area contributed by atoms with Crippen LogP contribution in [-0.2, 0) is 14.8 Å². The maximum atomic E-state index is 12.1. The number of rotatable bonds is 5. The zero-order chi connectivity index (χ0) is 13.3. The molecule has 0 atom stereocenters. The van der Waals surface area contributed by atoms with Crippen molar-refractivity contribution in [3.8, 4) is 0 Å². The molecule has 1 aromatic rings. The summed E-state index contributed by atoms with van der Waals surface area (Å²) in [6.45, 7) is 4.23. The van der Waals surface area contributed by atoms with E-state index < -0.39 is 10.0 Å². The van der Waals surface area contributed by atoms with E-state index in [0.29, 0.717) is 12.3 Å². The molecule has 1 aromatic heterocycles. The van der Waals surface area contributed by atoms with E-state index in [-0.39, 0.29) is 20.8 Å². The molecular formula is C10H15ClN2O3S2. The van der Waals surface area contributed by atoms with Gasteiger partial charge in [0.15, 0.2) is 8.68 Å². The predicted octanol–water partition coefficient (Wildman–Crippen LogP) is 1.95. The topological polar surface area (TPSA) is 68.3 Å². The van der Waals surface area contributed by atoms with Crippen molar-refractivity contribution in [1.29, 1.82) is 0 Å². The fraction of sp³-hybridized carbons (Fsp3) is 0.700. The highest BCUT2D eigenvalue weighted by Gasteiger charge is 2.34. The number of nitrogens with one attached hydrogen (secondary N) is 1. The molecule has 8 heteroatoms. The van der Waals surface area contributed by atoms with Gasteiger partial charge in [-0.2, -0.15) is 0 Å². The van der Waals surface area contributed by atoms with E-state index in [0.717, 1.165) is 24.2 Å². The average molecular weight is 311 g/mol. The van der Waals surface area contributed by atoms with Gasteiger partial charge in [-0.05, 0) is 26.7 Å². The quantitative estimate of drug-likeness (QED) is 0.902. The van der Waals surface area contributed by atoms with Gasteiger partial charge in [0.05, 0.1) is 11.8 Å². The molecule has 0 amide bonds. The molecule has 2 rings (SSSR count). The maximum Gasteiger partial charge on any atom is 0.252 e. The summed E-state index contributed by atoms with van der Waals surface area (Å²) in [5.41, 5.74) is 0.443. The highest BCUT2D eigenvalue weighted by Crippen LogP contribution is 2.29. The van der Waals surface area contributed by atoms with Crippen molar-refractivity contribution in [2.45, 2.75) is 43.0 Å². The molecule has 0 unspecified atom stereocenters. The molecule has 102 valence electrons. The molecule has 1 aliphatic carbocycles. The summed E-state index contributed by atoms with van der Waals surface area (Å²) >= 11 is 6.70. The van der Waals surface area contributed by atoms with Crippen LogP contribution >= 0.6 is 22.9 Å². The van der Waals surface area contributed by atoms with Crippen molar-refractivity contribution in [3.05, 3.63) is 10.2 Å². The largest absolute Gasteiger partial charge is 0.378 e. The van der Waals surface area contributed by atoms with Gasteiger partial charge in [0, 0.05) is 12.6 Å². The molecule has 0 bridgehead atoms. The van der Waals surface area contributed by atoms with Crippen LogP contribution < -0.4 is 4.72 Å². The number of sulfonamides is 1. The zero-order valence-corrected chi connectivity index (χ0v) is 12.5. The summed E-state index contributed by atoms with van der Waals surface area (Å²) < 4.78 is 32.7. The number of ether oxygens (including phenoxy) is 1. The smallest absolute Gasteiger partial charge is 0.252 e. The Morgan fingerprint density at radius 3 is 2.72 bits per heavy atom. The Hall–Kier alpha value is -0.210. The van der Waals surface area contributed by atoms with E-state index in [2.05, 4.69) is 9.71 Å². The molecule has 1 N–H and O–H groups in total. The lowest BCUT2D eigenvalue weighted by Crippen LogP contribution is -2.47. The number of aryl methyl sites for hydroxylation is 1. The van der Waals surface area contributed by atoms with Crippen molar-refractivity contribution in [1.82, 2.24) is 9.71 Å². The minimum atomic E-state index is -3.50. The molecule has 0 aliphatic heterocycles. The van der Waals surface area contributed by atoms with Gasteiger partial charge in [-0.3, -0.25) is 0 Å². The molecule has 1 aliphatic rings. The summed E-state index contributed by atoms with van der Waals surface area (Å²) in [5.74, 6) is 0. The Labute approximate surface area is 116 Å². The van der Waals surface area contributed by atoms with E-state index in [1.807, 2.05) is 6.92 Å².